The van der Waals surface area contributed by atoms with Gasteiger partial charge < -0.3 is 4.55 Å². The Morgan fingerprint density at radius 1 is 1.17 bits per heavy atom. The normalized spacial score (nSPS) is 23.1. The average molecular weight is 333 g/mol. The minimum absolute atomic E-state index is 0.0287. The van der Waals surface area contributed by atoms with Gasteiger partial charge in [-0.05, 0) is 49.6 Å². The lowest BCUT2D eigenvalue weighted by atomic mass is 9.80. The minimum Gasteiger partial charge on any atom is -0.748 e. The third-order valence-electron chi connectivity index (χ3n) is 5.45. The highest BCUT2D eigenvalue weighted by atomic mass is 32.2. The molecule has 0 fully saturated rings. The topological polar surface area (TPSA) is 61.6 Å². The molecule has 1 aliphatic heterocycles. The summed E-state index contributed by atoms with van der Waals surface area (Å²) < 4.78 is 32.8. The second-order valence-electron chi connectivity index (χ2n) is 7.05. The van der Waals surface area contributed by atoms with Crippen LogP contribution in [-0.2, 0) is 10.1 Å². The van der Waals surface area contributed by atoms with Crippen molar-refractivity contribution >= 4 is 26.6 Å². The summed E-state index contributed by atoms with van der Waals surface area (Å²) in [7, 11) is -1.98. The van der Waals surface area contributed by atoms with Crippen molar-refractivity contribution in [3.05, 3.63) is 42.0 Å². The van der Waals surface area contributed by atoms with E-state index in [0.717, 1.165) is 0 Å². The number of fused-ring (bicyclic) bond motifs is 3. The lowest BCUT2D eigenvalue weighted by molar-refractivity contribution is -0.860. The quantitative estimate of drug-likeness (QED) is 0.873. The molecule has 5 heteroatoms. The Balaban J connectivity index is 2.04. The van der Waals surface area contributed by atoms with Crippen LogP contribution in [0.4, 0.5) is 5.69 Å². The Bertz CT molecular complexity index is 842. The van der Waals surface area contributed by atoms with Crippen LogP contribution in [0.2, 0.25) is 0 Å². The zero-order chi connectivity index (χ0) is 16.8. The SMILES string of the molecule is C[NH+]1c2ccc3ccccc3c2C(CCCS(=O)(=O)[O-])C1(C)C. The molecule has 0 amide bonds. The molecule has 1 N–H and O–H groups in total. The molecular weight excluding hydrogens is 310 g/mol. The van der Waals surface area contributed by atoms with Gasteiger partial charge in [-0.3, -0.25) is 4.90 Å². The van der Waals surface area contributed by atoms with E-state index in [1.807, 2.05) is 12.1 Å². The van der Waals surface area contributed by atoms with Gasteiger partial charge in [-0.1, -0.05) is 24.3 Å². The smallest absolute Gasteiger partial charge is 0.135 e. The van der Waals surface area contributed by atoms with Crippen LogP contribution in [0.5, 0.6) is 0 Å². The van der Waals surface area contributed by atoms with E-state index in [0.29, 0.717) is 12.8 Å². The number of rotatable bonds is 4. The number of hydrogen-bond acceptors (Lipinski definition) is 3. The van der Waals surface area contributed by atoms with Gasteiger partial charge in [-0.15, -0.1) is 0 Å². The van der Waals surface area contributed by atoms with Gasteiger partial charge in [0.1, 0.15) is 11.2 Å². The highest BCUT2D eigenvalue weighted by molar-refractivity contribution is 7.85. The van der Waals surface area contributed by atoms with Crippen molar-refractivity contribution in [2.24, 2.45) is 0 Å². The summed E-state index contributed by atoms with van der Waals surface area (Å²) in [4.78, 5) is 1.34. The van der Waals surface area contributed by atoms with Crippen LogP contribution in [0.15, 0.2) is 36.4 Å². The van der Waals surface area contributed by atoms with Crippen LogP contribution in [0.3, 0.4) is 0 Å². The average Bonchev–Trinajstić information content (AvgIpc) is 2.67. The second-order valence-corrected chi connectivity index (χ2v) is 8.57. The van der Waals surface area contributed by atoms with Crippen molar-refractivity contribution < 1.29 is 17.9 Å². The number of nitrogens with one attached hydrogen (secondary N) is 1. The molecule has 23 heavy (non-hydrogen) atoms. The molecule has 0 saturated carbocycles. The predicted molar refractivity (Wildman–Crippen MR) is 91.1 cm³/mol. The van der Waals surface area contributed by atoms with Gasteiger partial charge in [-0.25, -0.2) is 8.42 Å². The zero-order valence-corrected chi connectivity index (χ0v) is 14.6. The maximum Gasteiger partial charge on any atom is 0.135 e. The van der Waals surface area contributed by atoms with Crippen LogP contribution in [0.1, 0.15) is 38.2 Å². The first-order valence-corrected chi connectivity index (χ1v) is 9.59. The molecule has 1 aliphatic rings. The molecule has 1 heterocycles. The Labute approximate surface area is 137 Å². The maximum atomic E-state index is 10.9. The van der Waals surface area contributed by atoms with Gasteiger partial charge in [0.2, 0.25) is 0 Å². The van der Waals surface area contributed by atoms with Gasteiger partial charge in [0, 0.05) is 17.2 Å². The van der Waals surface area contributed by atoms with Gasteiger partial charge in [0.15, 0.2) is 0 Å². The molecular formula is C18H23NO3S. The summed E-state index contributed by atoms with van der Waals surface area (Å²) in [5, 5.41) is 2.45. The highest BCUT2D eigenvalue weighted by Gasteiger charge is 2.48. The summed E-state index contributed by atoms with van der Waals surface area (Å²) in [5.41, 5.74) is 2.57. The fourth-order valence-electron chi connectivity index (χ4n) is 3.94. The van der Waals surface area contributed by atoms with Crippen LogP contribution in [-0.4, -0.2) is 31.3 Å². The Morgan fingerprint density at radius 2 is 1.87 bits per heavy atom. The van der Waals surface area contributed by atoms with E-state index < -0.39 is 10.1 Å². The Morgan fingerprint density at radius 3 is 2.57 bits per heavy atom. The third kappa shape index (κ3) is 2.89. The monoisotopic (exact) mass is 333 g/mol. The van der Waals surface area contributed by atoms with E-state index in [1.165, 1.54) is 26.9 Å². The molecule has 0 aromatic heterocycles. The fraction of sp³-hybridized carbons (Fsp3) is 0.444. The van der Waals surface area contributed by atoms with Crippen LogP contribution in [0, 0.1) is 0 Å². The summed E-state index contributed by atoms with van der Waals surface area (Å²) in [6, 6.07) is 12.7. The zero-order valence-electron chi connectivity index (χ0n) is 13.8. The summed E-state index contributed by atoms with van der Waals surface area (Å²) in [5.74, 6) is -0.0380. The lowest BCUT2D eigenvalue weighted by Crippen LogP contribution is -3.11. The maximum absolute atomic E-state index is 10.9. The van der Waals surface area contributed by atoms with Crippen molar-refractivity contribution in [2.45, 2.75) is 38.1 Å². The molecule has 0 radical (unpaired) electrons. The van der Waals surface area contributed by atoms with Crippen molar-refractivity contribution in [1.82, 2.24) is 0 Å². The lowest BCUT2D eigenvalue weighted by Gasteiger charge is -2.30. The molecule has 0 aliphatic carbocycles. The van der Waals surface area contributed by atoms with E-state index in [4.69, 9.17) is 0 Å². The number of benzene rings is 2. The highest BCUT2D eigenvalue weighted by Crippen LogP contribution is 2.43. The fourth-order valence-corrected chi connectivity index (χ4v) is 4.46. The summed E-state index contributed by atoms with van der Waals surface area (Å²) in [6.45, 7) is 4.43. The minimum atomic E-state index is -4.14. The molecule has 2 atom stereocenters. The van der Waals surface area contributed by atoms with Crippen molar-refractivity contribution in [3.63, 3.8) is 0 Å². The van der Waals surface area contributed by atoms with Gasteiger partial charge in [-0.2, -0.15) is 0 Å². The first-order valence-electron chi connectivity index (χ1n) is 8.01. The molecule has 0 bridgehead atoms. The van der Waals surface area contributed by atoms with E-state index in [-0.39, 0.29) is 17.2 Å². The summed E-state index contributed by atoms with van der Waals surface area (Å²) >= 11 is 0. The molecule has 2 aromatic rings. The van der Waals surface area contributed by atoms with E-state index in [2.05, 4.69) is 45.2 Å². The number of likely N-dealkylation sites (N-methyl/N-ethyl adjacent to an activating group) is 1. The Hall–Kier alpha value is -1.43. The molecule has 2 aromatic carbocycles. The Kier molecular flexibility index (Phi) is 3.99. The first-order chi connectivity index (χ1) is 10.7. The van der Waals surface area contributed by atoms with Crippen LogP contribution < -0.4 is 4.90 Å². The molecule has 2 unspecified atom stereocenters. The third-order valence-corrected chi connectivity index (χ3v) is 6.24. The second kappa shape index (κ2) is 5.58. The largest absolute Gasteiger partial charge is 0.748 e. The molecule has 0 spiro atoms. The van der Waals surface area contributed by atoms with Crippen LogP contribution in [0.25, 0.3) is 10.8 Å². The van der Waals surface area contributed by atoms with Gasteiger partial charge in [0.25, 0.3) is 0 Å². The standard InChI is InChI=1S/C18H23NO3S/c1-18(2)15(9-6-12-23(20,21)22)17-14-8-5-4-7-13(14)10-11-16(17)19(18)3/h4-5,7-8,10-11,15H,6,9,12H2,1-3H3,(H,20,21,22). The van der Waals surface area contributed by atoms with E-state index >= 15 is 0 Å². The van der Waals surface area contributed by atoms with Crippen molar-refractivity contribution in [1.29, 1.82) is 0 Å². The molecule has 0 saturated heterocycles. The van der Waals surface area contributed by atoms with Gasteiger partial charge in [0.05, 0.1) is 17.2 Å². The van der Waals surface area contributed by atoms with Crippen molar-refractivity contribution in [3.8, 4) is 0 Å². The number of quaternary nitrogens is 1. The van der Waals surface area contributed by atoms with Crippen LogP contribution >= 0.6 is 0 Å². The van der Waals surface area contributed by atoms with E-state index in [9.17, 15) is 13.0 Å². The number of hydrogen-bond donors (Lipinski definition) is 1. The molecule has 4 nitrogen and oxygen atoms in total. The summed E-state index contributed by atoms with van der Waals surface area (Å²) in [6.07, 6.45) is 1.13. The van der Waals surface area contributed by atoms with Crippen molar-refractivity contribution in [2.75, 3.05) is 12.8 Å². The van der Waals surface area contributed by atoms with Gasteiger partial charge >= 0.3 is 0 Å². The predicted octanol–water partition coefficient (Wildman–Crippen LogP) is 2.19. The molecule has 124 valence electrons. The van der Waals surface area contributed by atoms with E-state index in [1.54, 1.807) is 0 Å². The molecule has 3 rings (SSSR count). The first kappa shape index (κ1) is 16.4.